The molecule has 0 saturated heterocycles. The summed E-state index contributed by atoms with van der Waals surface area (Å²) in [4.78, 5) is 16.4. The molecule has 1 aromatic heterocycles. The Hall–Kier alpha value is -1.74. The highest BCUT2D eigenvalue weighted by Gasteiger charge is 2.34. The van der Waals surface area contributed by atoms with Gasteiger partial charge in [-0.1, -0.05) is 11.6 Å². The Morgan fingerprint density at radius 3 is 2.65 bits per heavy atom. The summed E-state index contributed by atoms with van der Waals surface area (Å²) in [7, 11) is 0. The number of hydrogen-bond donors (Lipinski definition) is 1. The third-order valence-electron chi connectivity index (χ3n) is 3.07. The van der Waals surface area contributed by atoms with Gasteiger partial charge in [0.05, 0.1) is 16.3 Å². The predicted molar refractivity (Wildman–Crippen MR) is 81.6 cm³/mol. The van der Waals surface area contributed by atoms with E-state index in [1.54, 1.807) is 13.2 Å². The zero-order chi connectivity index (χ0) is 17.2. The van der Waals surface area contributed by atoms with Gasteiger partial charge >= 0.3 is 6.18 Å². The van der Waals surface area contributed by atoms with Crippen LogP contribution in [0.15, 0.2) is 29.7 Å². The number of nitrogens with one attached hydrogen (secondary N) is 1. The van der Waals surface area contributed by atoms with E-state index < -0.39 is 28.7 Å². The molecule has 2 aromatic rings. The minimum atomic E-state index is -4.61. The molecular formula is C13H12ClF3N4OS. The van der Waals surface area contributed by atoms with Crippen LogP contribution in [-0.4, -0.2) is 26.9 Å². The van der Waals surface area contributed by atoms with Crippen molar-refractivity contribution >= 4 is 35.0 Å². The molecule has 0 fully saturated rings. The van der Waals surface area contributed by atoms with Gasteiger partial charge in [-0.05, 0) is 25.3 Å². The van der Waals surface area contributed by atoms with Crippen LogP contribution in [0.5, 0.6) is 0 Å². The molecular weight excluding hydrogens is 353 g/mol. The Kier molecular flexibility index (Phi) is 5.20. The zero-order valence-corrected chi connectivity index (χ0v) is 13.6. The Labute approximate surface area is 139 Å². The molecule has 1 heterocycles. The fraction of sp³-hybridized carbons (Fsp3) is 0.308. The molecule has 1 amide bonds. The summed E-state index contributed by atoms with van der Waals surface area (Å²) in [6.45, 7) is 1.56. The predicted octanol–water partition coefficient (Wildman–Crippen LogP) is 3.87. The number of aromatic nitrogens is 3. The second kappa shape index (κ2) is 6.79. The molecule has 0 aliphatic rings. The van der Waals surface area contributed by atoms with Crippen molar-refractivity contribution in [3.05, 3.63) is 35.4 Å². The van der Waals surface area contributed by atoms with Crippen molar-refractivity contribution in [2.75, 3.05) is 11.6 Å². The number of halogens is 4. The van der Waals surface area contributed by atoms with Gasteiger partial charge in [0, 0.05) is 4.90 Å². The summed E-state index contributed by atoms with van der Waals surface area (Å²) < 4.78 is 40.2. The van der Waals surface area contributed by atoms with Crippen LogP contribution in [0.2, 0.25) is 5.02 Å². The van der Waals surface area contributed by atoms with Crippen molar-refractivity contribution in [1.29, 1.82) is 0 Å². The van der Waals surface area contributed by atoms with Gasteiger partial charge in [0.1, 0.15) is 18.7 Å². The summed E-state index contributed by atoms with van der Waals surface area (Å²) in [5.41, 5.74) is -0.952. The van der Waals surface area contributed by atoms with Gasteiger partial charge in [-0.2, -0.15) is 18.3 Å². The molecule has 0 spiro atoms. The fourth-order valence-corrected chi connectivity index (χ4v) is 2.71. The van der Waals surface area contributed by atoms with Crippen LogP contribution < -0.4 is 5.32 Å². The molecule has 2 rings (SSSR count). The first-order valence-electron chi connectivity index (χ1n) is 6.33. The van der Waals surface area contributed by atoms with E-state index in [1.165, 1.54) is 35.2 Å². The standard InChI is InChI=1S/C13H12ClF3N4OS/c1-7(21-6-18-5-19-21)12(22)20-10-3-8(13(15,16)17)9(14)4-11(10)23-2/h3-7H,1-2H3,(H,20,22). The van der Waals surface area contributed by atoms with Gasteiger partial charge in [-0.3, -0.25) is 4.79 Å². The molecule has 1 N–H and O–H groups in total. The molecule has 1 unspecified atom stereocenters. The lowest BCUT2D eigenvalue weighted by Gasteiger charge is -2.17. The molecule has 10 heteroatoms. The van der Waals surface area contributed by atoms with Gasteiger partial charge in [0.25, 0.3) is 0 Å². The van der Waals surface area contributed by atoms with Crippen LogP contribution >= 0.6 is 23.4 Å². The average molecular weight is 365 g/mol. The summed E-state index contributed by atoms with van der Waals surface area (Å²) in [6.07, 6.45) is -0.315. The van der Waals surface area contributed by atoms with E-state index in [1.807, 2.05) is 0 Å². The SMILES string of the molecule is CSc1cc(Cl)c(C(F)(F)F)cc1NC(=O)C(C)n1cncn1. The van der Waals surface area contributed by atoms with E-state index in [2.05, 4.69) is 15.4 Å². The van der Waals surface area contributed by atoms with Crippen molar-refractivity contribution in [3.8, 4) is 0 Å². The minimum Gasteiger partial charge on any atom is -0.323 e. The smallest absolute Gasteiger partial charge is 0.323 e. The summed E-state index contributed by atoms with van der Waals surface area (Å²) in [5, 5.41) is 5.90. The normalized spacial score (nSPS) is 13.0. The molecule has 0 saturated carbocycles. The molecule has 0 aliphatic heterocycles. The largest absolute Gasteiger partial charge is 0.417 e. The van der Waals surface area contributed by atoms with Crippen molar-refractivity contribution in [3.63, 3.8) is 0 Å². The molecule has 5 nitrogen and oxygen atoms in total. The number of hydrogen-bond acceptors (Lipinski definition) is 4. The van der Waals surface area contributed by atoms with Gasteiger partial charge in [-0.15, -0.1) is 11.8 Å². The highest BCUT2D eigenvalue weighted by Crippen LogP contribution is 2.40. The molecule has 124 valence electrons. The molecule has 23 heavy (non-hydrogen) atoms. The van der Waals surface area contributed by atoms with Crippen molar-refractivity contribution in [2.45, 2.75) is 24.0 Å². The second-order valence-corrected chi connectivity index (χ2v) is 5.83. The summed E-state index contributed by atoms with van der Waals surface area (Å²) >= 11 is 6.86. The minimum absolute atomic E-state index is 0.0474. The molecule has 0 bridgehead atoms. The summed E-state index contributed by atoms with van der Waals surface area (Å²) in [6, 6.07) is 1.29. The lowest BCUT2D eigenvalue weighted by Crippen LogP contribution is -2.24. The van der Waals surface area contributed by atoms with Crippen molar-refractivity contribution in [2.24, 2.45) is 0 Å². The number of amides is 1. The van der Waals surface area contributed by atoms with Crippen LogP contribution in [0.1, 0.15) is 18.5 Å². The fourth-order valence-electron chi connectivity index (χ4n) is 1.81. The first kappa shape index (κ1) is 17.6. The average Bonchev–Trinajstić information content (AvgIpc) is 3.00. The first-order chi connectivity index (χ1) is 10.7. The monoisotopic (exact) mass is 364 g/mol. The molecule has 0 aliphatic carbocycles. The van der Waals surface area contributed by atoms with Crippen LogP contribution in [-0.2, 0) is 11.0 Å². The third kappa shape index (κ3) is 3.97. The van der Waals surface area contributed by atoms with E-state index in [-0.39, 0.29) is 5.69 Å². The number of anilines is 1. The number of thioether (sulfide) groups is 1. The lowest BCUT2D eigenvalue weighted by molar-refractivity contribution is -0.137. The Morgan fingerprint density at radius 1 is 1.43 bits per heavy atom. The molecule has 0 radical (unpaired) electrons. The van der Waals surface area contributed by atoms with Gasteiger partial charge in [0.15, 0.2) is 0 Å². The first-order valence-corrected chi connectivity index (χ1v) is 7.94. The Morgan fingerprint density at radius 2 is 2.13 bits per heavy atom. The van der Waals surface area contributed by atoms with E-state index >= 15 is 0 Å². The highest BCUT2D eigenvalue weighted by molar-refractivity contribution is 7.98. The third-order valence-corrected chi connectivity index (χ3v) is 4.16. The van der Waals surface area contributed by atoms with Crippen molar-refractivity contribution < 1.29 is 18.0 Å². The van der Waals surface area contributed by atoms with E-state index in [4.69, 9.17) is 11.6 Å². The number of carbonyl (C=O) groups excluding carboxylic acids is 1. The number of benzene rings is 1. The number of nitrogens with zero attached hydrogens (tertiary/aromatic N) is 3. The maximum absolute atomic E-state index is 13.0. The van der Waals surface area contributed by atoms with Crippen LogP contribution in [0, 0.1) is 0 Å². The maximum atomic E-state index is 13.0. The highest BCUT2D eigenvalue weighted by atomic mass is 35.5. The Balaban J connectivity index is 2.33. The molecule has 1 atom stereocenters. The Bertz CT molecular complexity index is 706. The van der Waals surface area contributed by atoms with Crippen LogP contribution in [0.3, 0.4) is 0 Å². The number of carbonyl (C=O) groups is 1. The topological polar surface area (TPSA) is 59.8 Å². The lowest BCUT2D eigenvalue weighted by atomic mass is 10.2. The second-order valence-electron chi connectivity index (χ2n) is 4.57. The van der Waals surface area contributed by atoms with Crippen LogP contribution in [0.4, 0.5) is 18.9 Å². The van der Waals surface area contributed by atoms with Crippen molar-refractivity contribution in [1.82, 2.24) is 14.8 Å². The maximum Gasteiger partial charge on any atom is 0.417 e. The zero-order valence-electron chi connectivity index (χ0n) is 12.1. The summed E-state index contributed by atoms with van der Waals surface area (Å²) in [5.74, 6) is -0.513. The van der Waals surface area contributed by atoms with E-state index in [0.717, 1.165) is 6.07 Å². The van der Waals surface area contributed by atoms with Gasteiger partial charge < -0.3 is 5.32 Å². The quantitative estimate of drug-likeness (QED) is 0.837. The van der Waals surface area contributed by atoms with Gasteiger partial charge in [0.2, 0.25) is 5.91 Å². The molecule has 1 aromatic carbocycles. The van der Waals surface area contributed by atoms with Gasteiger partial charge in [-0.25, -0.2) is 9.67 Å². The number of alkyl halides is 3. The van der Waals surface area contributed by atoms with Crippen LogP contribution in [0.25, 0.3) is 0 Å². The van der Waals surface area contributed by atoms with E-state index in [0.29, 0.717) is 4.90 Å². The number of rotatable bonds is 4. The van der Waals surface area contributed by atoms with E-state index in [9.17, 15) is 18.0 Å².